The normalized spacial score (nSPS) is 16.1. The molecule has 0 aromatic carbocycles. The molecule has 2 amide bonds. The number of rotatable bonds is 12. The van der Waals surface area contributed by atoms with Gasteiger partial charge in [-0.25, -0.2) is 0 Å². The van der Waals surface area contributed by atoms with Crippen LogP contribution in [0.1, 0.15) is 12.8 Å². The maximum absolute atomic E-state index is 11.3. The molecule has 0 aromatic rings. The Morgan fingerprint density at radius 1 is 0.792 bits per heavy atom. The lowest BCUT2D eigenvalue weighted by Gasteiger charge is -2.34. The van der Waals surface area contributed by atoms with Crippen LogP contribution >= 0.6 is 0 Å². The smallest absolute Gasteiger partial charge is 0.245 e. The summed E-state index contributed by atoms with van der Waals surface area (Å²) in [5.41, 5.74) is 0. The Balaban J connectivity index is 1.98. The summed E-state index contributed by atoms with van der Waals surface area (Å²) in [4.78, 5) is 27.4. The van der Waals surface area contributed by atoms with E-state index in [-0.39, 0.29) is 25.0 Å². The van der Waals surface area contributed by atoms with Gasteiger partial charge < -0.3 is 29.9 Å². The second kappa shape index (κ2) is 13.1. The van der Waals surface area contributed by atoms with Crippen LogP contribution in [0.5, 0.6) is 0 Å². The van der Waals surface area contributed by atoms with Crippen molar-refractivity contribution in [1.29, 1.82) is 0 Å². The molecule has 0 bridgehead atoms. The number of carbonyl (C=O) groups is 2. The molecule has 1 aliphatic rings. The summed E-state index contributed by atoms with van der Waals surface area (Å²) in [6.45, 7) is 7.90. The molecule has 0 aromatic heterocycles. The van der Waals surface area contributed by atoms with E-state index in [1.54, 1.807) is 0 Å². The maximum Gasteiger partial charge on any atom is 0.245 e. The van der Waals surface area contributed by atoms with Gasteiger partial charge in [0.2, 0.25) is 11.8 Å². The first-order valence-corrected chi connectivity index (χ1v) is 8.61. The van der Waals surface area contributed by atoms with Crippen molar-refractivity contribution in [3.05, 3.63) is 0 Å². The fourth-order valence-electron chi connectivity index (χ4n) is 2.66. The first kappa shape index (κ1) is 20.8. The number of nitrogens with one attached hydrogen (secondary N) is 2. The summed E-state index contributed by atoms with van der Waals surface area (Å²) >= 11 is 0. The highest BCUT2D eigenvalue weighted by Gasteiger charge is 2.16. The molecule has 0 atom stereocenters. The highest BCUT2D eigenvalue weighted by molar-refractivity contribution is 5.77. The van der Waals surface area contributed by atoms with Crippen molar-refractivity contribution in [3.63, 3.8) is 0 Å². The number of amides is 2. The largest absolute Gasteiger partial charge is 0.375 e. The summed E-state index contributed by atoms with van der Waals surface area (Å²) in [6.07, 6.45) is 1.92. The van der Waals surface area contributed by atoms with Gasteiger partial charge in [0, 0.05) is 53.5 Å². The van der Waals surface area contributed by atoms with E-state index in [2.05, 4.69) is 20.4 Å². The van der Waals surface area contributed by atoms with Crippen molar-refractivity contribution in [2.75, 3.05) is 79.8 Å². The SMILES string of the molecule is COCC(=O)NCCCN1CCN(CCCNC(=O)COC)CC1. The number of carbonyl (C=O) groups excluding carboxylic acids is 2. The molecule has 140 valence electrons. The van der Waals surface area contributed by atoms with E-state index < -0.39 is 0 Å². The van der Waals surface area contributed by atoms with Gasteiger partial charge in [-0.3, -0.25) is 9.59 Å². The predicted molar refractivity (Wildman–Crippen MR) is 91.9 cm³/mol. The molecular weight excluding hydrogens is 312 g/mol. The highest BCUT2D eigenvalue weighted by Crippen LogP contribution is 2.03. The Kier molecular flexibility index (Phi) is 11.4. The van der Waals surface area contributed by atoms with Gasteiger partial charge in [0.15, 0.2) is 0 Å². The molecule has 24 heavy (non-hydrogen) atoms. The van der Waals surface area contributed by atoms with Gasteiger partial charge in [0.1, 0.15) is 13.2 Å². The second-order valence-corrected chi connectivity index (χ2v) is 5.96. The molecule has 1 heterocycles. The van der Waals surface area contributed by atoms with Crippen LogP contribution in [0.3, 0.4) is 0 Å². The van der Waals surface area contributed by atoms with Crippen LogP contribution < -0.4 is 10.6 Å². The minimum absolute atomic E-state index is 0.0556. The fraction of sp³-hybridized carbons (Fsp3) is 0.875. The van der Waals surface area contributed by atoms with Crippen molar-refractivity contribution in [3.8, 4) is 0 Å². The van der Waals surface area contributed by atoms with E-state index >= 15 is 0 Å². The van der Waals surface area contributed by atoms with Crippen molar-refractivity contribution in [2.45, 2.75) is 12.8 Å². The van der Waals surface area contributed by atoms with Crippen molar-refractivity contribution >= 4 is 11.8 Å². The molecule has 0 aliphatic carbocycles. The standard InChI is InChI=1S/C16H32N4O4/c1-23-13-15(21)17-5-3-7-19-9-11-20(12-10-19)8-4-6-18-16(22)14-24-2/h3-14H2,1-2H3,(H,17,21)(H,18,22). The van der Waals surface area contributed by atoms with Crippen LogP contribution in [0.2, 0.25) is 0 Å². The molecule has 2 N–H and O–H groups in total. The van der Waals surface area contributed by atoms with Crippen LogP contribution in [0.4, 0.5) is 0 Å². The molecule has 0 unspecified atom stereocenters. The van der Waals surface area contributed by atoms with Crippen molar-refractivity contribution in [1.82, 2.24) is 20.4 Å². The van der Waals surface area contributed by atoms with Gasteiger partial charge in [-0.2, -0.15) is 0 Å². The lowest BCUT2D eigenvalue weighted by molar-refractivity contribution is -0.125. The van der Waals surface area contributed by atoms with E-state index in [9.17, 15) is 9.59 Å². The number of piperazine rings is 1. The van der Waals surface area contributed by atoms with E-state index in [0.717, 1.165) is 52.1 Å². The molecule has 0 saturated carbocycles. The maximum atomic E-state index is 11.3. The number of methoxy groups -OCH3 is 2. The Bertz CT molecular complexity index is 326. The zero-order chi connectivity index (χ0) is 17.6. The van der Waals surface area contributed by atoms with E-state index in [1.807, 2.05) is 0 Å². The molecule has 1 fully saturated rings. The van der Waals surface area contributed by atoms with Gasteiger partial charge in [0.25, 0.3) is 0 Å². The van der Waals surface area contributed by atoms with Crippen molar-refractivity contribution in [2.24, 2.45) is 0 Å². The molecule has 8 heteroatoms. The average molecular weight is 344 g/mol. The van der Waals surface area contributed by atoms with Crippen LogP contribution in [-0.2, 0) is 19.1 Å². The van der Waals surface area contributed by atoms with E-state index in [0.29, 0.717) is 13.1 Å². The number of hydrogen-bond acceptors (Lipinski definition) is 6. The second-order valence-electron chi connectivity index (χ2n) is 5.96. The van der Waals surface area contributed by atoms with Gasteiger partial charge in [0.05, 0.1) is 0 Å². The summed E-state index contributed by atoms with van der Waals surface area (Å²) in [5.74, 6) is -0.111. The van der Waals surface area contributed by atoms with Gasteiger partial charge in [-0.05, 0) is 25.9 Å². The van der Waals surface area contributed by atoms with Gasteiger partial charge in [-0.15, -0.1) is 0 Å². The molecular formula is C16H32N4O4. The molecule has 1 rings (SSSR count). The third-order valence-corrected chi connectivity index (χ3v) is 3.96. The Hall–Kier alpha value is -1.22. The van der Waals surface area contributed by atoms with E-state index in [4.69, 9.17) is 9.47 Å². The van der Waals surface area contributed by atoms with Crippen LogP contribution in [0.25, 0.3) is 0 Å². The van der Waals surface area contributed by atoms with Crippen LogP contribution in [-0.4, -0.2) is 101 Å². The fourth-order valence-corrected chi connectivity index (χ4v) is 2.66. The average Bonchev–Trinajstić information content (AvgIpc) is 2.57. The summed E-state index contributed by atoms with van der Waals surface area (Å²) < 4.78 is 9.54. The molecule has 0 spiro atoms. The lowest BCUT2D eigenvalue weighted by atomic mass is 10.2. The zero-order valence-corrected chi connectivity index (χ0v) is 15.0. The van der Waals surface area contributed by atoms with Crippen LogP contribution in [0.15, 0.2) is 0 Å². The number of ether oxygens (including phenoxy) is 2. The topological polar surface area (TPSA) is 83.1 Å². The number of hydrogen-bond donors (Lipinski definition) is 2. The molecule has 1 saturated heterocycles. The van der Waals surface area contributed by atoms with Crippen molar-refractivity contribution < 1.29 is 19.1 Å². The minimum atomic E-state index is -0.0556. The third-order valence-electron chi connectivity index (χ3n) is 3.96. The first-order chi connectivity index (χ1) is 11.7. The van der Waals surface area contributed by atoms with Gasteiger partial charge >= 0.3 is 0 Å². The number of nitrogens with zero attached hydrogens (tertiary/aromatic N) is 2. The Morgan fingerprint density at radius 3 is 1.50 bits per heavy atom. The molecule has 0 radical (unpaired) electrons. The minimum Gasteiger partial charge on any atom is -0.375 e. The Morgan fingerprint density at radius 2 is 1.17 bits per heavy atom. The summed E-state index contributed by atoms with van der Waals surface area (Å²) in [6, 6.07) is 0. The molecule has 1 aliphatic heterocycles. The lowest BCUT2D eigenvalue weighted by Crippen LogP contribution is -2.47. The van der Waals surface area contributed by atoms with E-state index in [1.165, 1.54) is 14.2 Å². The predicted octanol–water partition coefficient (Wildman–Crippen LogP) is -1.09. The zero-order valence-electron chi connectivity index (χ0n) is 15.0. The third kappa shape index (κ3) is 9.82. The molecule has 8 nitrogen and oxygen atoms in total. The van der Waals surface area contributed by atoms with Gasteiger partial charge in [-0.1, -0.05) is 0 Å². The highest BCUT2D eigenvalue weighted by atomic mass is 16.5. The van der Waals surface area contributed by atoms with Crippen LogP contribution in [0, 0.1) is 0 Å². The summed E-state index contributed by atoms with van der Waals surface area (Å²) in [5, 5.41) is 5.68. The quantitative estimate of drug-likeness (QED) is 0.438. The summed E-state index contributed by atoms with van der Waals surface area (Å²) in [7, 11) is 3.04. The first-order valence-electron chi connectivity index (χ1n) is 8.61. The Labute approximate surface area is 144 Å². The monoisotopic (exact) mass is 344 g/mol.